The summed E-state index contributed by atoms with van der Waals surface area (Å²) in [6, 6.07) is 0. The first-order chi connectivity index (χ1) is 7.22. The van der Waals surface area contributed by atoms with E-state index in [4.69, 9.17) is 4.74 Å². The quantitative estimate of drug-likeness (QED) is 0.619. The first-order valence-corrected chi connectivity index (χ1v) is 6.30. The van der Waals surface area contributed by atoms with Gasteiger partial charge in [-0.25, -0.2) is 0 Å². The van der Waals surface area contributed by atoms with Crippen LogP contribution in [0.2, 0.25) is 0 Å². The maximum Gasteiger partial charge on any atom is 0.311 e. The number of hydrogen-bond acceptors (Lipinski definition) is 2. The molecule has 0 aliphatic heterocycles. The average molecular weight is 208 g/mol. The summed E-state index contributed by atoms with van der Waals surface area (Å²) in [6.07, 6.45) is 8.84. The number of rotatable bonds is 1. The second kappa shape index (κ2) is 3.23. The van der Waals surface area contributed by atoms with Crippen molar-refractivity contribution < 1.29 is 9.53 Å². The van der Waals surface area contributed by atoms with Crippen LogP contribution in [0.3, 0.4) is 0 Å². The SMILES string of the molecule is COC(=O)C12CC3C[C@@H](CC[C@@H](C3)C1)C2. The van der Waals surface area contributed by atoms with Crippen LogP contribution in [0.25, 0.3) is 0 Å². The highest BCUT2D eigenvalue weighted by atomic mass is 16.5. The third-order valence-corrected chi connectivity index (χ3v) is 4.97. The van der Waals surface area contributed by atoms with Crippen LogP contribution in [0.5, 0.6) is 0 Å². The summed E-state index contributed by atoms with van der Waals surface area (Å²) in [4.78, 5) is 12.0. The van der Waals surface area contributed by atoms with Gasteiger partial charge in [0, 0.05) is 0 Å². The van der Waals surface area contributed by atoms with Crippen molar-refractivity contribution in [3.63, 3.8) is 0 Å². The van der Waals surface area contributed by atoms with E-state index in [0.29, 0.717) is 0 Å². The molecule has 0 saturated heterocycles. The maximum absolute atomic E-state index is 12.0. The van der Waals surface area contributed by atoms with Gasteiger partial charge in [-0.3, -0.25) is 4.79 Å². The molecular formula is C13H20O2. The predicted molar refractivity (Wildman–Crippen MR) is 57.2 cm³/mol. The zero-order valence-corrected chi connectivity index (χ0v) is 9.50. The number of ether oxygens (including phenoxy) is 1. The molecule has 0 aromatic heterocycles. The van der Waals surface area contributed by atoms with Crippen LogP contribution in [-0.4, -0.2) is 13.1 Å². The normalized spacial score (nSPS) is 47.7. The Bertz CT molecular complexity index is 268. The van der Waals surface area contributed by atoms with Crippen LogP contribution in [0, 0.1) is 23.2 Å². The molecule has 4 saturated carbocycles. The van der Waals surface area contributed by atoms with Crippen LogP contribution in [-0.2, 0) is 9.53 Å². The van der Waals surface area contributed by atoms with Crippen LogP contribution >= 0.6 is 0 Å². The molecule has 4 atom stereocenters. The molecule has 0 aromatic carbocycles. The van der Waals surface area contributed by atoms with Crippen molar-refractivity contribution in [2.75, 3.05) is 7.11 Å². The summed E-state index contributed by atoms with van der Waals surface area (Å²) >= 11 is 0. The summed E-state index contributed by atoms with van der Waals surface area (Å²) in [6.45, 7) is 0. The van der Waals surface area contributed by atoms with Crippen molar-refractivity contribution in [3.8, 4) is 0 Å². The van der Waals surface area contributed by atoms with E-state index < -0.39 is 0 Å². The molecule has 4 rings (SSSR count). The first-order valence-electron chi connectivity index (χ1n) is 6.30. The number of hydrogen-bond donors (Lipinski definition) is 0. The Kier molecular flexibility index (Phi) is 2.08. The van der Waals surface area contributed by atoms with Gasteiger partial charge in [0.15, 0.2) is 0 Å². The van der Waals surface area contributed by atoms with Gasteiger partial charge in [-0.05, 0) is 49.9 Å². The third-order valence-electron chi connectivity index (χ3n) is 4.97. The first kappa shape index (κ1) is 9.68. The van der Waals surface area contributed by atoms with Crippen molar-refractivity contribution in [1.82, 2.24) is 0 Å². The molecular weight excluding hydrogens is 188 g/mol. The summed E-state index contributed by atoms with van der Waals surface area (Å²) in [5.41, 5.74) is -0.0677. The Balaban J connectivity index is 1.93. The standard InChI is InChI=1S/C13H20O2/c1-15-12(14)13-6-9-2-3-10(7-13)5-11(4-9)8-13/h9-11H,2-8H2,1H3/t9-,10+,11?,13?. The van der Waals surface area contributed by atoms with E-state index in [2.05, 4.69) is 0 Å². The van der Waals surface area contributed by atoms with Gasteiger partial charge in [-0.15, -0.1) is 0 Å². The molecule has 2 heteroatoms. The Morgan fingerprint density at radius 3 is 2.13 bits per heavy atom. The van der Waals surface area contributed by atoms with Crippen LogP contribution in [0.4, 0.5) is 0 Å². The Morgan fingerprint density at radius 2 is 1.60 bits per heavy atom. The smallest absolute Gasteiger partial charge is 0.311 e. The lowest BCUT2D eigenvalue weighted by atomic mass is 9.58. The minimum Gasteiger partial charge on any atom is -0.469 e. The van der Waals surface area contributed by atoms with Crippen molar-refractivity contribution in [2.24, 2.45) is 23.2 Å². The van der Waals surface area contributed by atoms with Crippen LogP contribution in [0.1, 0.15) is 44.9 Å². The second-order valence-electron chi connectivity index (χ2n) is 6.03. The molecule has 4 aliphatic rings. The average Bonchev–Trinajstić information content (AvgIpc) is 2.44. The van der Waals surface area contributed by atoms with E-state index >= 15 is 0 Å². The van der Waals surface area contributed by atoms with Gasteiger partial charge in [0.1, 0.15) is 0 Å². The van der Waals surface area contributed by atoms with Gasteiger partial charge in [-0.2, -0.15) is 0 Å². The van der Waals surface area contributed by atoms with Crippen LogP contribution in [0.15, 0.2) is 0 Å². The number of carbonyl (C=O) groups is 1. The highest BCUT2D eigenvalue weighted by Crippen LogP contribution is 2.58. The largest absolute Gasteiger partial charge is 0.469 e. The monoisotopic (exact) mass is 208 g/mol. The summed E-state index contributed by atoms with van der Waals surface area (Å²) in [7, 11) is 1.55. The molecule has 0 heterocycles. The Morgan fingerprint density at radius 1 is 1.07 bits per heavy atom. The molecule has 0 radical (unpaired) electrons. The van der Waals surface area contributed by atoms with Crippen LogP contribution < -0.4 is 0 Å². The van der Waals surface area contributed by atoms with Crippen molar-refractivity contribution in [3.05, 3.63) is 0 Å². The zero-order chi connectivity index (χ0) is 10.5. The maximum atomic E-state index is 12.0. The fourth-order valence-corrected chi connectivity index (χ4v) is 4.66. The summed E-state index contributed by atoms with van der Waals surface area (Å²) < 4.78 is 5.05. The topological polar surface area (TPSA) is 26.3 Å². The van der Waals surface area contributed by atoms with Gasteiger partial charge in [0.05, 0.1) is 12.5 Å². The lowest BCUT2D eigenvalue weighted by molar-refractivity contribution is -0.160. The van der Waals surface area contributed by atoms with E-state index in [0.717, 1.165) is 37.0 Å². The minimum absolute atomic E-state index is 0.0677. The van der Waals surface area contributed by atoms with Gasteiger partial charge < -0.3 is 4.74 Å². The molecule has 84 valence electrons. The molecule has 2 unspecified atom stereocenters. The molecule has 0 amide bonds. The zero-order valence-electron chi connectivity index (χ0n) is 9.50. The number of carbonyl (C=O) groups excluding carboxylic acids is 1. The molecule has 15 heavy (non-hydrogen) atoms. The highest BCUT2D eigenvalue weighted by molar-refractivity contribution is 5.77. The lowest BCUT2D eigenvalue weighted by Gasteiger charge is -2.46. The molecule has 0 aromatic rings. The molecule has 4 fully saturated rings. The fraction of sp³-hybridized carbons (Fsp3) is 0.923. The Hall–Kier alpha value is -0.530. The molecule has 4 bridgehead atoms. The van der Waals surface area contributed by atoms with Crippen molar-refractivity contribution in [1.29, 1.82) is 0 Å². The van der Waals surface area contributed by atoms with Crippen molar-refractivity contribution >= 4 is 5.97 Å². The van der Waals surface area contributed by atoms with Gasteiger partial charge >= 0.3 is 5.97 Å². The summed E-state index contributed by atoms with van der Waals surface area (Å²) in [5, 5.41) is 0. The minimum atomic E-state index is -0.0677. The summed E-state index contributed by atoms with van der Waals surface area (Å²) in [5.74, 6) is 2.54. The van der Waals surface area contributed by atoms with E-state index in [1.54, 1.807) is 7.11 Å². The molecule has 4 aliphatic carbocycles. The third kappa shape index (κ3) is 1.41. The van der Waals surface area contributed by atoms with Gasteiger partial charge in [0.2, 0.25) is 0 Å². The number of methoxy groups -OCH3 is 1. The molecule has 2 nitrogen and oxygen atoms in total. The predicted octanol–water partition coefficient (Wildman–Crippen LogP) is 2.77. The Labute approximate surface area is 91.4 Å². The van der Waals surface area contributed by atoms with E-state index in [9.17, 15) is 4.79 Å². The van der Waals surface area contributed by atoms with Gasteiger partial charge in [-0.1, -0.05) is 12.8 Å². The number of esters is 1. The van der Waals surface area contributed by atoms with Crippen molar-refractivity contribution in [2.45, 2.75) is 44.9 Å². The van der Waals surface area contributed by atoms with E-state index in [1.165, 1.54) is 25.7 Å². The number of fused-ring (bicyclic) bond motifs is 1. The second-order valence-corrected chi connectivity index (χ2v) is 6.03. The molecule has 0 spiro atoms. The van der Waals surface area contributed by atoms with E-state index in [-0.39, 0.29) is 11.4 Å². The van der Waals surface area contributed by atoms with E-state index in [1.807, 2.05) is 0 Å². The highest BCUT2D eigenvalue weighted by Gasteiger charge is 2.53. The van der Waals surface area contributed by atoms with Gasteiger partial charge in [0.25, 0.3) is 0 Å². The lowest BCUT2D eigenvalue weighted by Crippen LogP contribution is -2.43. The fourth-order valence-electron chi connectivity index (χ4n) is 4.66. The molecule has 0 N–H and O–H groups in total.